The lowest BCUT2D eigenvalue weighted by Crippen LogP contribution is -2.51. The minimum absolute atomic E-state index is 0.127. The molecule has 0 aromatic heterocycles. The van der Waals surface area contributed by atoms with Gasteiger partial charge in [0.1, 0.15) is 16.4 Å². The van der Waals surface area contributed by atoms with Crippen molar-refractivity contribution < 1.29 is 17.9 Å². The summed E-state index contributed by atoms with van der Waals surface area (Å²) in [6.07, 6.45) is 1.83. The largest absolute Gasteiger partial charge is 0.497 e. The van der Waals surface area contributed by atoms with Crippen LogP contribution in [0.2, 0.25) is 0 Å². The van der Waals surface area contributed by atoms with E-state index in [4.69, 9.17) is 15.2 Å². The second kappa shape index (κ2) is 6.85. The van der Waals surface area contributed by atoms with Gasteiger partial charge in [0.05, 0.1) is 14.2 Å². The normalized spacial score (nSPS) is 23.3. The lowest BCUT2D eigenvalue weighted by atomic mass is 9.93. The molecule has 1 aliphatic rings. The van der Waals surface area contributed by atoms with Gasteiger partial charge in [0, 0.05) is 25.2 Å². The van der Waals surface area contributed by atoms with E-state index >= 15 is 0 Å². The van der Waals surface area contributed by atoms with Crippen molar-refractivity contribution in [3.63, 3.8) is 0 Å². The van der Waals surface area contributed by atoms with Crippen LogP contribution < -0.4 is 15.2 Å². The first-order valence-electron chi connectivity index (χ1n) is 7.39. The van der Waals surface area contributed by atoms with E-state index in [2.05, 4.69) is 0 Å². The molecule has 1 aliphatic heterocycles. The molecule has 1 aromatic carbocycles. The smallest absolute Gasteiger partial charge is 0.247 e. The summed E-state index contributed by atoms with van der Waals surface area (Å²) in [6, 6.07) is 4.60. The first-order valence-corrected chi connectivity index (χ1v) is 8.83. The van der Waals surface area contributed by atoms with Gasteiger partial charge in [0.15, 0.2) is 0 Å². The fourth-order valence-corrected chi connectivity index (χ4v) is 4.91. The molecule has 2 rings (SSSR count). The van der Waals surface area contributed by atoms with E-state index in [0.29, 0.717) is 24.6 Å². The van der Waals surface area contributed by atoms with Crippen molar-refractivity contribution in [2.24, 2.45) is 11.7 Å². The maximum atomic E-state index is 13.1. The minimum atomic E-state index is -3.68. The van der Waals surface area contributed by atoms with Crippen LogP contribution in [-0.4, -0.2) is 46.1 Å². The van der Waals surface area contributed by atoms with Gasteiger partial charge in [-0.2, -0.15) is 4.31 Å². The van der Waals surface area contributed by atoms with Crippen molar-refractivity contribution in [1.82, 2.24) is 4.31 Å². The topological polar surface area (TPSA) is 81.9 Å². The van der Waals surface area contributed by atoms with Crippen molar-refractivity contribution in [2.45, 2.75) is 30.7 Å². The van der Waals surface area contributed by atoms with Crippen LogP contribution in [0.25, 0.3) is 0 Å². The molecular weight excluding hydrogens is 304 g/mol. The predicted molar refractivity (Wildman–Crippen MR) is 84.7 cm³/mol. The molecule has 0 aliphatic carbocycles. The highest BCUT2D eigenvalue weighted by atomic mass is 32.2. The highest BCUT2D eigenvalue weighted by molar-refractivity contribution is 7.89. The summed E-state index contributed by atoms with van der Waals surface area (Å²) in [4.78, 5) is 0.127. The summed E-state index contributed by atoms with van der Waals surface area (Å²) in [5.74, 6) is 1.04. The first-order chi connectivity index (χ1) is 10.5. The Morgan fingerprint density at radius 2 is 2.05 bits per heavy atom. The van der Waals surface area contributed by atoms with Crippen molar-refractivity contribution in [3.05, 3.63) is 18.2 Å². The minimum Gasteiger partial charge on any atom is -0.497 e. The highest BCUT2D eigenvalue weighted by Gasteiger charge is 2.38. The average Bonchev–Trinajstić information content (AvgIpc) is 2.53. The molecular formula is C15H24N2O4S. The van der Waals surface area contributed by atoms with Crippen LogP contribution in [0.15, 0.2) is 23.1 Å². The summed E-state index contributed by atoms with van der Waals surface area (Å²) in [6.45, 7) is 2.84. The standard InChI is InChI=1S/C15H24N2O4S/c1-11-5-4-8-17(13(11)10-16)22(18,19)15-9-12(20-2)6-7-14(15)21-3/h6-7,9,11,13H,4-5,8,10,16H2,1-3H3. The maximum Gasteiger partial charge on any atom is 0.247 e. The number of hydrogen-bond acceptors (Lipinski definition) is 5. The fourth-order valence-electron chi connectivity index (χ4n) is 2.97. The van der Waals surface area contributed by atoms with Gasteiger partial charge in [-0.25, -0.2) is 8.42 Å². The molecule has 0 saturated carbocycles. The Balaban J connectivity index is 2.49. The third-order valence-corrected chi connectivity index (χ3v) is 6.21. The third kappa shape index (κ3) is 3.06. The fraction of sp³-hybridized carbons (Fsp3) is 0.600. The van der Waals surface area contributed by atoms with E-state index in [0.717, 1.165) is 12.8 Å². The maximum absolute atomic E-state index is 13.1. The number of hydrogen-bond donors (Lipinski definition) is 1. The summed E-state index contributed by atoms with van der Waals surface area (Å²) in [5, 5.41) is 0. The number of sulfonamides is 1. The zero-order valence-corrected chi connectivity index (χ0v) is 14.1. The Morgan fingerprint density at radius 1 is 1.32 bits per heavy atom. The van der Waals surface area contributed by atoms with E-state index in [1.165, 1.54) is 24.6 Å². The van der Waals surface area contributed by atoms with Crippen LogP contribution in [0.1, 0.15) is 19.8 Å². The number of piperidine rings is 1. The van der Waals surface area contributed by atoms with Crippen molar-refractivity contribution in [1.29, 1.82) is 0 Å². The Bertz CT molecular complexity index is 618. The predicted octanol–water partition coefficient (Wildman–Crippen LogP) is 1.45. The molecule has 7 heteroatoms. The Labute approximate surface area is 132 Å². The molecule has 1 heterocycles. The second-order valence-corrected chi connectivity index (χ2v) is 7.41. The van der Waals surface area contributed by atoms with Crippen LogP contribution in [0.3, 0.4) is 0 Å². The Hall–Kier alpha value is -1.31. The van der Waals surface area contributed by atoms with Gasteiger partial charge in [-0.15, -0.1) is 0 Å². The number of ether oxygens (including phenoxy) is 2. The number of nitrogens with zero attached hydrogens (tertiary/aromatic N) is 1. The van der Waals surface area contributed by atoms with Gasteiger partial charge < -0.3 is 15.2 Å². The molecule has 1 fully saturated rings. The molecule has 124 valence electrons. The van der Waals surface area contributed by atoms with Crippen LogP contribution in [0.4, 0.5) is 0 Å². The molecule has 0 spiro atoms. The Kier molecular flexibility index (Phi) is 5.31. The van der Waals surface area contributed by atoms with Crippen LogP contribution in [-0.2, 0) is 10.0 Å². The summed E-state index contributed by atoms with van der Waals surface area (Å²) in [7, 11) is -0.721. The average molecular weight is 328 g/mol. The quantitative estimate of drug-likeness (QED) is 0.885. The van der Waals surface area contributed by atoms with E-state index < -0.39 is 10.0 Å². The van der Waals surface area contributed by atoms with Crippen LogP contribution in [0.5, 0.6) is 11.5 Å². The Morgan fingerprint density at radius 3 is 2.64 bits per heavy atom. The number of benzene rings is 1. The van der Waals surface area contributed by atoms with Gasteiger partial charge in [-0.05, 0) is 30.9 Å². The summed E-state index contributed by atoms with van der Waals surface area (Å²) >= 11 is 0. The lowest BCUT2D eigenvalue weighted by molar-refractivity contribution is 0.192. The van der Waals surface area contributed by atoms with Gasteiger partial charge >= 0.3 is 0 Å². The van der Waals surface area contributed by atoms with Crippen molar-refractivity contribution in [2.75, 3.05) is 27.3 Å². The summed E-state index contributed by atoms with van der Waals surface area (Å²) in [5.41, 5.74) is 5.82. The molecule has 0 radical (unpaired) electrons. The highest BCUT2D eigenvalue weighted by Crippen LogP contribution is 2.34. The van der Waals surface area contributed by atoms with Crippen molar-refractivity contribution >= 4 is 10.0 Å². The number of methoxy groups -OCH3 is 2. The van der Waals surface area contributed by atoms with E-state index in [-0.39, 0.29) is 16.9 Å². The van der Waals surface area contributed by atoms with E-state index in [1.807, 2.05) is 6.92 Å². The third-order valence-electron chi connectivity index (χ3n) is 4.26. The van der Waals surface area contributed by atoms with Crippen molar-refractivity contribution in [3.8, 4) is 11.5 Å². The first kappa shape index (κ1) is 17.1. The SMILES string of the molecule is COc1ccc(OC)c(S(=O)(=O)N2CCCC(C)C2CN)c1. The molecule has 2 unspecified atom stereocenters. The van der Waals surface area contributed by atoms with Gasteiger partial charge in [-0.3, -0.25) is 0 Å². The monoisotopic (exact) mass is 328 g/mol. The van der Waals surface area contributed by atoms with Crippen LogP contribution in [0, 0.1) is 5.92 Å². The van der Waals surface area contributed by atoms with Gasteiger partial charge in [-0.1, -0.05) is 6.92 Å². The zero-order chi connectivity index (χ0) is 16.3. The molecule has 2 N–H and O–H groups in total. The summed E-state index contributed by atoms with van der Waals surface area (Å²) < 4.78 is 38.1. The van der Waals surface area contributed by atoms with E-state index in [1.54, 1.807) is 12.1 Å². The molecule has 6 nitrogen and oxygen atoms in total. The molecule has 0 amide bonds. The molecule has 1 saturated heterocycles. The number of nitrogens with two attached hydrogens (primary N) is 1. The zero-order valence-electron chi connectivity index (χ0n) is 13.3. The molecule has 0 bridgehead atoms. The molecule has 1 aromatic rings. The van der Waals surface area contributed by atoms with Gasteiger partial charge in [0.25, 0.3) is 0 Å². The number of rotatable bonds is 5. The van der Waals surface area contributed by atoms with E-state index in [9.17, 15) is 8.42 Å². The van der Waals surface area contributed by atoms with Gasteiger partial charge in [0.2, 0.25) is 10.0 Å². The van der Waals surface area contributed by atoms with Crippen LogP contribution >= 0.6 is 0 Å². The molecule has 22 heavy (non-hydrogen) atoms. The molecule has 2 atom stereocenters. The second-order valence-electron chi connectivity index (χ2n) is 5.56. The lowest BCUT2D eigenvalue weighted by Gasteiger charge is -2.38.